The van der Waals surface area contributed by atoms with E-state index in [0.717, 1.165) is 12.1 Å². The zero-order chi connectivity index (χ0) is 11.9. The number of aromatic carboxylic acids is 1. The van der Waals surface area contributed by atoms with Crippen molar-refractivity contribution in [3.05, 3.63) is 35.6 Å². The highest BCUT2D eigenvalue weighted by atomic mass is 19.4. The van der Waals surface area contributed by atoms with Crippen LogP contribution in [0.25, 0.3) is 11.0 Å². The standard InChI is InChI=1S/C10H5F3O3/c11-10(12,13)8-4-5-1-2-6(9(14)15)3-7(5)16-8/h1-4H,(H,14,15). The van der Waals surface area contributed by atoms with Crippen molar-refractivity contribution in [3.63, 3.8) is 0 Å². The summed E-state index contributed by atoms with van der Waals surface area (Å²) in [6, 6.07) is 4.39. The molecule has 0 saturated heterocycles. The van der Waals surface area contributed by atoms with Crippen LogP contribution in [0.4, 0.5) is 13.2 Å². The third-order valence-corrected chi connectivity index (χ3v) is 2.05. The lowest BCUT2D eigenvalue weighted by molar-refractivity contribution is -0.152. The van der Waals surface area contributed by atoms with Crippen molar-refractivity contribution in [1.82, 2.24) is 0 Å². The van der Waals surface area contributed by atoms with Crippen molar-refractivity contribution in [1.29, 1.82) is 0 Å². The van der Waals surface area contributed by atoms with Gasteiger partial charge in [0.25, 0.3) is 0 Å². The van der Waals surface area contributed by atoms with Crippen LogP contribution in [0.15, 0.2) is 28.7 Å². The van der Waals surface area contributed by atoms with Gasteiger partial charge in [-0.1, -0.05) is 6.07 Å². The molecule has 16 heavy (non-hydrogen) atoms. The Kier molecular flexibility index (Phi) is 2.15. The number of carboxylic acids is 1. The van der Waals surface area contributed by atoms with Gasteiger partial charge in [0, 0.05) is 5.39 Å². The summed E-state index contributed by atoms with van der Waals surface area (Å²) in [5.41, 5.74) is -0.206. The van der Waals surface area contributed by atoms with Gasteiger partial charge in [-0.2, -0.15) is 13.2 Å². The molecule has 1 aromatic heterocycles. The van der Waals surface area contributed by atoms with E-state index in [4.69, 9.17) is 5.11 Å². The zero-order valence-electron chi connectivity index (χ0n) is 7.71. The highest BCUT2D eigenvalue weighted by Crippen LogP contribution is 2.33. The highest BCUT2D eigenvalue weighted by Gasteiger charge is 2.35. The molecule has 2 rings (SSSR count). The predicted octanol–water partition coefficient (Wildman–Crippen LogP) is 3.15. The molecule has 84 valence electrons. The lowest BCUT2D eigenvalue weighted by Gasteiger charge is -1.99. The molecule has 0 unspecified atom stereocenters. The van der Waals surface area contributed by atoms with Gasteiger partial charge < -0.3 is 9.52 Å². The third kappa shape index (κ3) is 1.73. The molecule has 0 aliphatic carbocycles. The van der Waals surface area contributed by atoms with Crippen molar-refractivity contribution in [2.75, 3.05) is 0 Å². The maximum atomic E-state index is 12.3. The van der Waals surface area contributed by atoms with Crippen molar-refractivity contribution < 1.29 is 27.5 Å². The number of benzene rings is 1. The van der Waals surface area contributed by atoms with E-state index in [2.05, 4.69) is 4.42 Å². The smallest absolute Gasteiger partial charge is 0.449 e. The molecule has 0 bridgehead atoms. The Labute approximate surface area is 87.1 Å². The molecule has 0 radical (unpaired) electrons. The molecule has 1 aromatic carbocycles. The molecule has 0 amide bonds. The summed E-state index contributed by atoms with van der Waals surface area (Å²) in [5, 5.41) is 8.87. The molecule has 0 fully saturated rings. The van der Waals surface area contributed by atoms with E-state index < -0.39 is 17.9 Å². The van der Waals surface area contributed by atoms with E-state index in [0.29, 0.717) is 0 Å². The van der Waals surface area contributed by atoms with E-state index in [9.17, 15) is 18.0 Å². The largest absolute Gasteiger partial charge is 0.478 e. The first-order chi connectivity index (χ1) is 7.38. The molecule has 0 aliphatic heterocycles. The van der Waals surface area contributed by atoms with Gasteiger partial charge in [-0.05, 0) is 18.2 Å². The topological polar surface area (TPSA) is 50.4 Å². The summed E-state index contributed by atoms with van der Waals surface area (Å²) in [5.74, 6) is -2.35. The number of alkyl halides is 3. The average molecular weight is 230 g/mol. The number of carboxylic acid groups (broad SMARTS) is 1. The molecule has 2 aromatic rings. The van der Waals surface area contributed by atoms with Crippen molar-refractivity contribution in [2.24, 2.45) is 0 Å². The zero-order valence-corrected chi connectivity index (χ0v) is 7.71. The Hall–Kier alpha value is -1.98. The quantitative estimate of drug-likeness (QED) is 0.818. The van der Waals surface area contributed by atoms with Crippen LogP contribution in [0.5, 0.6) is 0 Å². The van der Waals surface area contributed by atoms with Crippen LogP contribution in [-0.4, -0.2) is 11.1 Å². The second-order valence-corrected chi connectivity index (χ2v) is 3.17. The van der Waals surface area contributed by atoms with Crippen molar-refractivity contribution in [3.8, 4) is 0 Å². The van der Waals surface area contributed by atoms with E-state index in [1.165, 1.54) is 12.1 Å². The van der Waals surface area contributed by atoms with E-state index >= 15 is 0 Å². The van der Waals surface area contributed by atoms with E-state index in [1.807, 2.05) is 0 Å². The number of fused-ring (bicyclic) bond motifs is 1. The fourth-order valence-electron chi connectivity index (χ4n) is 1.30. The average Bonchev–Trinajstić information content (AvgIpc) is 2.58. The van der Waals surface area contributed by atoms with Crippen LogP contribution in [0.2, 0.25) is 0 Å². The maximum Gasteiger partial charge on any atom is 0.449 e. The Balaban J connectivity index is 2.59. The summed E-state index contributed by atoms with van der Waals surface area (Å²) in [7, 11) is 0. The monoisotopic (exact) mass is 230 g/mol. The first kappa shape index (κ1) is 10.5. The van der Waals surface area contributed by atoms with Crippen LogP contribution in [0.1, 0.15) is 16.1 Å². The fraction of sp³-hybridized carbons (Fsp3) is 0.100. The minimum atomic E-state index is -4.57. The van der Waals surface area contributed by atoms with Gasteiger partial charge in [-0.15, -0.1) is 0 Å². The molecule has 0 atom stereocenters. The molecule has 3 nitrogen and oxygen atoms in total. The van der Waals surface area contributed by atoms with E-state index in [-0.39, 0.29) is 16.5 Å². The first-order valence-electron chi connectivity index (χ1n) is 4.22. The predicted molar refractivity (Wildman–Crippen MR) is 48.2 cm³/mol. The van der Waals surface area contributed by atoms with Gasteiger partial charge >= 0.3 is 12.1 Å². The normalized spacial score (nSPS) is 11.9. The van der Waals surface area contributed by atoms with Crippen molar-refractivity contribution >= 4 is 16.9 Å². The van der Waals surface area contributed by atoms with Gasteiger partial charge in [0.05, 0.1) is 5.56 Å². The lowest BCUT2D eigenvalue weighted by Crippen LogP contribution is -2.01. The van der Waals surface area contributed by atoms with Gasteiger partial charge in [-0.3, -0.25) is 0 Å². The third-order valence-electron chi connectivity index (χ3n) is 2.05. The molecular weight excluding hydrogens is 225 g/mol. The van der Waals surface area contributed by atoms with E-state index in [1.54, 1.807) is 0 Å². The number of carbonyl (C=O) groups is 1. The SMILES string of the molecule is O=C(O)c1ccc2cc(C(F)(F)F)oc2c1. The molecule has 0 aliphatic rings. The summed E-state index contributed by atoms with van der Waals surface area (Å²) in [6.45, 7) is 0. The van der Waals surface area contributed by atoms with Gasteiger partial charge in [0.15, 0.2) is 0 Å². The molecular formula is C10H5F3O3. The number of rotatable bonds is 1. The summed E-state index contributed by atoms with van der Waals surface area (Å²) in [4.78, 5) is 10.6. The van der Waals surface area contributed by atoms with Crippen LogP contribution in [0, 0.1) is 0 Å². The Morgan fingerprint density at radius 1 is 1.25 bits per heavy atom. The van der Waals surface area contributed by atoms with Crippen LogP contribution in [-0.2, 0) is 6.18 Å². The van der Waals surface area contributed by atoms with Gasteiger partial charge in [0.2, 0.25) is 5.76 Å². The minimum Gasteiger partial charge on any atom is -0.478 e. The van der Waals surface area contributed by atoms with Crippen molar-refractivity contribution in [2.45, 2.75) is 6.18 Å². The maximum absolute atomic E-state index is 12.3. The number of hydrogen-bond acceptors (Lipinski definition) is 2. The second kappa shape index (κ2) is 3.26. The molecule has 0 spiro atoms. The Morgan fingerprint density at radius 3 is 2.50 bits per heavy atom. The molecule has 1 N–H and O–H groups in total. The molecule has 6 heteroatoms. The fourth-order valence-corrected chi connectivity index (χ4v) is 1.30. The Bertz CT molecular complexity index is 554. The van der Waals surface area contributed by atoms with Crippen LogP contribution < -0.4 is 0 Å². The first-order valence-corrected chi connectivity index (χ1v) is 4.22. The van der Waals surface area contributed by atoms with Crippen LogP contribution >= 0.6 is 0 Å². The highest BCUT2D eigenvalue weighted by molar-refractivity contribution is 5.92. The van der Waals surface area contributed by atoms with Gasteiger partial charge in [0.1, 0.15) is 5.58 Å². The molecule has 1 heterocycles. The number of furan rings is 1. The second-order valence-electron chi connectivity index (χ2n) is 3.17. The Morgan fingerprint density at radius 2 is 1.94 bits per heavy atom. The van der Waals surface area contributed by atoms with Gasteiger partial charge in [-0.25, -0.2) is 4.79 Å². The molecule has 0 saturated carbocycles. The lowest BCUT2D eigenvalue weighted by atomic mass is 10.2. The summed E-state index contributed by atoms with van der Waals surface area (Å²) in [6.07, 6.45) is -4.57. The van der Waals surface area contributed by atoms with Crippen LogP contribution in [0.3, 0.4) is 0 Å². The minimum absolute atomic E-state index is 0.0905. The summed E-state index contributed by atoms with van der Waals surface area (Å²) < 4.78 is 41.4. The number of halogens is 3. The summed E-state index contributed by atoms with van der Waals surface area (Å²) >= 11 is 0. The number of hydrogen-bond donors (Lipinski definition) is 1.